The molecule has 40 heavy (non-hydrogen) atoms. The second-order valence-electron chi connectivity index (χ2n) is 8.98. The van der Waals surface area contributed by atoms with Crippen LogP contribution in [-0.2, 0) is 19.1 Å². The minimum atomic E-state index is -1.11. The number of para-hydroxylation sites is 1. The Bertz CT molecular complexity index is 1390. The van der Waals surface area contributed by atoms with E-state index < -0.39 is 35.8 Å². The van der Waals surface area contributed by atoms with Gasteiger partial charge in [0.1, 0.15) is 23.4 Å². The SMILES string of the molecule is COC(=O)C(NC(=O)C1CCCN1C(=O)CNC(=O)c1ccc(Oc2ccccc2)cc1)c1cc(C(=N)N)cs1. The largest absolute Gasteiger partial charge is 0.467 e. The summed E-state index contributed by atoms with van der Waals surface area (Å²) in [5, 5.41) is 14.5. The third kappa shape index (κ3) is 6.83. The Morgan fingerprint density at radius 2 is 1.77 bits per heavy atom. The molecule has 3 aromatic rings. The first-order chi connectivity index (χ1) is 19.3. The number of nitrogens with zero attached hydrogens (tertiary/aromatic N) is 1. The van der Waals surface area contributed by atoms with E-state index in [0.29, 0.717) is 46.9 Å². The van der Waals surface area contributed by atoms with Gasteiger partial charge in [0.25, 0.3) is 5.91 Å². The van der Waals surface area contributed by atoms with Crippen molar-refractivity contribution in [2.75, 3.05) is 20.2 Å². The molecule has 1 fully saturated rings. The maximum Gasteiger partial charge on any atom is 0.333 e. The van der Waals surface area contributed by atoms with Gasteiger partial charge in [-0.2, -0.15) is 0 Å². The van der Waals surface area contributed by atoms with Crippen molar-refractivity contribution < 1.29 is 28.7 Å². The highest BCUT2D eigenvalue weighted by molar-refractivity contribution is 7.10. The summed E-state index contributed by atoms with van der Waals surface area (Å²) in [6.45, 7) is 0.0485. The van der Waals surface area contributed by atoms with Crippen LogP contribution in [0.2, 0.25) is 0 Å². The standard InChI is InChI=1S/C28H29N5O6S/c1-38-28(37)24(22-14-18(16-40-22)25(29)30)32-27(36)21-8-5-13-33(21)23(34)15-31-26(35)17-9-11-20(12-10-17)39-19-6-3-2-4-7-19/h2-4,6-7,9-12,14,16,21,24H,5,8,13,15H2,1H3,(H3,29,30)(H,31,35)(H,32,36). The number of nitrogens with two attached hydrogens (primary N) is 1. The molecule has 1 saturated heterocycles. The summed E-state index contributed by atoms with van der Waals surface area (Å²) in [4.78, 5) is 53.0. The number of amides is 3. The molecule has 5 N–H and O–H groups in total. The summed E-state index contributed by atoms with van der Waals surface area (Å²) in [5.41, 5.74) is 6.30. The Balaban J connectivity index is 1.34. The molecule has 1 aliphatic heterocycles. The van der Waals surface area contributed by atoms with Gasteiger partial charge >= 0.3 is 5.97 Å². The predicted molar refractivity (Wildman–Crippen MR) is 148 cm³/mol. The van der Waals surface area contributed by atoms with Crippen molar-refractivity contribution in [3.05, 3.63) is 82.0 Å². The Morgan fingerprint density at radius 3 is 2.42 bits per heavy atom. The van der Waals surface area contributed by atoms with Crippen molar-refractivity contribution >= 4 is 40.9 Å². The summed E-state index contributed by atoms with van der Waals surface area (Å²) in [7, 11) is 1.21. The molecule has 1 aliphatic rings. The normalized spacial score (nSPS) is 15.1. The third-order valence-corrected chi connectivity index (χ3v) is 7.31. The van der Waals surface area contributed by atoms with Crippen LogP contribution in [-0.4, -0.2) is 60.7 Å². The number of rotatable bonds is 10. The number of hydrogen-bond donors (Lipinski definition) is 4. The van der Waals surface area contributed by atoms with Gasteiger partial charge < -0.3 is 30.7 Å². The molecular formula is C28H29N5O6S. The van der Waals surface area contributed by atoms with Crippen LogP contribution in [0.1, 0.15) is 39.7 Å². The molecule has 4 rings (SSSR count). The number of nitrogens with one attached hydrogen (secondary N) is 3. The van der Waals surface area contributed by atoms with Crippen LogP contribution in [0.25, 0.3) is 0 Å². The molecule has 2 unspecified atom stereocenters. The Morgan fingerprint density at radius 1 is 1.07 bits per heavy atom. The Kier molecular flexibility index (Phi) is 9.12. The van der Waals surface area contributed by atoms with E-state index in [0.717, 1.165) is 11.3 Å². The van der Waals surface area contributed by atoms with Gasteiger partial charge in [-0.25, -0.2) is 4.79 Å². The summed E-state index contributed by atoms with van der Waals surface area (Å²) >= 11 is 1.16. The number of carbonyl (C=O) groups is 4. The highest BCUT2D eigenvalue weighted by Crippen LogP contribution is 2.25. The number of methoxy groups -OCH3 is 1. The van der Waals surface area contributed by atoms with Crippen LogP contribution in [0.15, 0.2) is 66.0 Å². The van der Waals surface area contributed by atoms with Gasteiger partial charge in [0.05, 0.1) is 13.7 Å². The van der Waals surface area contributed by atoms with Crippen molar-refractivity contribution in [3.8, 4) is 11.5 Å². The lowest BCUT2D eigenvalue weighted by Crippen LogP contribution is -2.50. The van der Waals surface area contributed by atoms with Crippen molar-refractivity contribution in [3.63, 3.8) is 0 Å². The molecule has 2 heterocycles. The lowest BCUT2D eigenvalue weighted by molar-refractivity contribution is -0.146. The minimum Gasteiger partial charge on any atom is -0.467 e. The Hall–Kier alpha value is -4.71. The molecule has 0 aliphatic carbocycles. The van der Waals surface area contributed by atoms with Gasteiger partial charge in [-0.3, -0.25) is 19.8 Å². The van der Waals surface area contributed by atoms with Crippen LogP contribution in [0.5, 0.6) is 11.5 Å². The van der Waals surface area contributed by atoms with E-state index in [9.17, 15) is 19.2 Å². The smallest absolute Gasteiger partial charge is 0.333 e. The summed E-state index contributed by atoms with van der Waals surface area (Å²) in [6, 6.07) is 15.4. The first kappa shape index (κ1) is 28.3. The van der Waals surface area contributed by atoms with Gasteiger partial charge in [0.2, 0.25) is 11.8 Å². The number of thiophene rings is 1. The summed E-state index contributed by atoms with van der Waals surface area (Å²) in [5.74, 6) is -0.987. The number of esters is 1. The van der Waals surface area contributed by atoms with Crippen LogP contribution in [0.4, 0.5) is 0 Å². The van der Waals surface area contributed by atoms with Gasteiger partial charge in [0, 0.05) is 27.9 Å². The molecule has 208 valence electrons. The monoisotopic (exact) mass is 563 g/mol. The molecule has 1 aromatic heterocycles. The molecule has 0 radical (unpaired) electrons. The van der Waals surface area contributed by atoms with E-state index in [4.69, 9.17) is 20.6 Å². The quantitative estimate of drug-likeness (QED) is 0.167. The summed E-state index contributed by atoms with van der Waals surface area (Å²) in [6.07, 6.45) is 1.00. The van der Waals surface area contributed by atoms with E-state index in [1.165, 1.54) is 12.0 Å². The van der Waals surface area contributed by atoms with Gasteiger partial charge in [0.15, 0.2) is 6.04 Å². The predicted octanol–water partition coefficient (Wildman–Crippen LogP) is 2.58. The number of likely N-dealkylation sites (tertiary alicyclic amines) is 1. The number of ether oxygens (including phenoxy) is 2. The van der Waals surface area contributed by atoms with Crippen molar-refractivity contribution in [2.24, 2.45) is 5.73 Å². The maximum atomic E-state index is 13.2. The maximum absolute atomic E-state index is 13.2. The third-order valence-electron chi connectivity index (χ3n) is 6.31. The molecule has 11 nitrogen and oxygen atoms in total. The lowest BCUT2D eigenvalue weighted by atomic mass is 10.1. The first-order valence-electron chi connectivity index (χ1n) is 12.5. The lowest BCUT2D eigenvalue weighted by Gasteiger charge is -2.25. The minimum absolute atomic E-state index is 0.163. The highest BCUT2D eigenvalue weighted by atomic mass is 32.1. The van der Waals surface area contributed by atoms with Gasteiger partial charge in [-0.1, -0.05) is 18.2 Å². The average molecular weight is 564 g/mol. The molecule has 12 heteroatoms. The van der Waals surface area contributed by atoms with Crippen molar-refractivity contribution in [1.82, 2.24) is 15.5 Å². The van der Waals surface area contributed by atoms with Crippen molar-refractivity contribution in [1.29, 1.82) is 5.41 Å². The van der Waals surface area contributed by atoms with Crippen LogP contribution >= 0.6 is 11.3 Å². The number of hydrogen-bond acceptors (Lipinski definition) is 8. The number of benzene rings is 2. The topological polar surface area (TPSA) is 164 Å². The van der Waals surface area contributed by atoms with E-state index in [1.807, 2.05) is 30.3 Å². The molecular weight excluding hydrogens is 534 g/mol. The van der Waals surface area contributed by atoms with E-state index in [1.54, 1.807) is 35.7 Å². The molecule has 2 aromatic carbocycles. The fourth-order valence-electron chi connectivity index (χ4n) is 4.24. The second-order valence-corrected chi connectivity index (χ2v) is 9.93. The highest BCUT2D eigenvalue weighted by Gasteiger charge is 2.36. The van der Waals surface area contributed by atoms with Crippen LogP contribution in [0, 0.1) is 5.41 Å². The Labute approximate surface area is 234 Å². The molecule has 3 amide bonds. The number of carbonyl (C=O) groups excluding carboxylic acids is 4. The number of amidine groups is 1. The molecule has 2 atom stereocenters. The molecule has 0 spiro atoms. The summed E-state index contributed by atoms with van der Waals surface area (Å²) < 4.78 is 10.6. The second kappa shape index (κ2) is 12.9. The fraction of sp³-hybridized carbons (Fsp3) is 0.250. The van der Waals surface area contributed by atoms with E-state index in [-0.39, 0.29) is 12.4 Å². The van der Waals surface area contributed by atoms with Crippen LogP contribution in [0.3, 0.4) is 0 Å². The zero-order chi connectivity index (χ0) is 28.6. The molecule has 0 saturated carbocycles. The van der Waals surface area contributed by atoms with E-state index in [2.05, 4.69) is 10.6 Å². The zero-order valence-corrected chi connectivity index (χ0v) is 22.5. The van der Waals surface area contributed by atoms with E-state index >= 15 is 0 Å². The zero-order valence-electron chi connectivity index (χ0n) is 21.7. The first-order valence-corrected chi connectivity index (χ1v) is 13.4. The van der Waals surface area contributed by atoms with Gasteiger partial charge in [-0.15, -0.1) is 11.3 Å². The fourth-order valence-corrected chi connectivity index (χ4v) is 5.19. The van der Waals surface area contributed by atoms with Gasteiger partial charge in [-0.05, 0) is 55.3 Å². The average Bonchev–Trinajstić information content (AvgIpc) is 3.66. The molecule has 0 bridgehead atoms. The van der Waals surface area contributed by atoms with Crippen molar-refractivity contribution in [2.45, 2.75) is 24.9 Å². The van der Waals surface area contributed by atoms with Crippen LogP contribution < -0.4 is 21.1 Å². The number of nitrogen functional groups attached to an aromatic ring is 1.